The molecule has 2 unspecified atom stereocenters. The van der Waals surface area contributed by atoms with E-state index in [1.54, 1.807) is 0 Å². The molecule has 154 valence electrons. The van der Waals surface area contributed by atoms with Crippen LogP contribution in [0.4, 0.5) is 0 Å². The summed E-state index contributed by atoms with van der Waals surface area (Å²) in [7, 11) is 0. The van der Waals surface area contributed by atoms with Gasteiger partial charge < -0.3 is 9.84 Å². The van der Waals surface area contributed by atoms with E-state index in [-0.39, 0.29) is 18.5 Å². The number of carbonyl (C=O) groups is 2. The number of aryl methyl sites for hydroxylation is 2. The Balaban J connectivity index is 1.56. The van der Waals surface area contributed by atoms with Crippen LogP contribution in [0.25, 0.3) is 0 Å². The van der Waals surface area contributed by atoms with E-state index in [1.807, 2.05) is 30.3 Å². The van der Waals surface area contributed by atoms with Crippen molar-refractivity contribution in [2.45, 2.75) is 58.5 Å². The number of carboxylic acid groups (broad SMARTS) is 1. The van der Waals surface area contributed by atoms with Crippen molar-refractivity contribution in [3.05, 3.63) is 71.3 Å². The van der Waals surface area contributed by atoms with Gasteiger partial charge in [-0.15, -0.1) is 0 Å². The first-order chi connectivity index (χ1) is 14.0. The number of rotatable bonds is 9. The standard InChI is InChI=1S/C25H30O4/c1-2-6-19-9-11-20(12-10-19)13-15-25(24(27)28)16-14-22(17-25)23(26)29-18-21-7-4-3-5-8-21/h3-5,7-12,22H,2,6,13-18H2,1H3,(H,27,28). The van der Waals surface area contributed by atoms with Crippen LogP contribution in [0.3, 0.4) is 0 Å². The molecule has 1 fully saturated rings. The molecule has 1 saturated carbocycles. The molecule has 0 aromatic heterocycles. The first kappa shape index (κ1) is 21.1. The SMILES string of the molecule is CCCc1ccc(CCC2(C(=O)O)CCC(C(=O)OCc3ccccc3)C2)cc1. The van der Waals surface area contributed by atoms with E-state index in [1.165, 1.54) is 5.56 Å². The Morgan fingerprint density at radius 3 is 2.28 bits per heavy atom. The van der Waals surface area contributed by atoms with Crippen molar-refractivity contribution in [3.63, 3.8) is 0 Å². The number of aliphatic carboxylic acids is 1. The van der Waals surface area contributed by atoms with Gasteiger partial charge in [0, 0.05) is 0 Å². The maximum atomic E-state index is 12.5. The molecule has 1 aliphatic rings. The highest BCUT2D eigenvalue weighted by Gasteiger charge is 2.47. The second-order valence-corrected chi connectivity index (χ2v) is 8.19. The molecule has 2 atom stereocenters. The number of ether oxygens (including phenoxy) is 1. The fourth-order valence-corrected chi connectivity index (χ4v) is 4.25. The highest BCUT2D eigenvalue weighted by molar-refractivity contribution is 5.79. The number of esters is 1. The van der Waals surface area contributed by atoms with Crippen LogP contribution in [0.15, 0.2) is 54.6 Å². The third-order valence-electron chi connectivity index (χ3n) is 6.07. The van der Waals surface area contributed by atoms with Crippen molar-refractivity contribution in [3.8, 4) is 0 Å². The molecule has 0 heterocycles. The van der Waals surface area contributed by atoms with E-state index in [4.69, 9.17) is 4.74 Å². The summed E-state index contributed by atoms with van der Waals surface area (Å²) in [4.78, 5) is 24.6. The van der Waals surface area contributed by atoms with Crippen molar-refractivity contribution in [2.75, 3.05) is 0 Å². The van der Waals surface area contributed by atoms with Crippen LogP contribution >= 0.6 is 0 Å². The largest absolute Gasteiger partial charge is 0.481 e. The lowest BCUT2D eigenvalue weighted by atomic mass is 9.79. The summed E-state index contributed by atoms with van der Waals surface area (Å²) in [5, 5.41) is 9.91. The van der Waals surface area contributed by atoms with Crippen LogP contribution < -0.4 is 0 Å². The maximum absolute atomic E-state index is 12.5. The van der Waals surface area contributed by atoms with E-state index >= 15 is 0 Å². The predicted octanol–water partition coefficient (Wildman–Crippen LogP) is 5.19. The number of carbonyl (C=O) groups excluding carboxylic acids is 1. The number of carboxylic acids is 1. The smallest absolute Gasteiger partial charge is 0.309 e. The third kappa shape index (κ3) is 5.47. The summed E-state index contributed by atoms with van der Waals surface area (Å²) in [6, 6.07) is 18.0. The molecular formula is C25H30O4. The van der Waals surface area contributed by atoms with Crippen molar-refractivity contribution >= 4 is 11.9 Å². The summed E-state index contributed by atoms with van der Waals surface area (Å²) in [6.45, 7) is 2.40. The van der Waals surface area contributed by atoms with Crippen molar-refractivity contribution in [1.82, 2.24) is 0 Å². The molecule has 3 rings (SSSR count). The second kappa shape index (κ2) is 9.73. The highest BCUT2D eigenvalue weighted by Crippen LogP contribution is 2.46. The first-order valence-corrected chi connectivity index (χ1v) is 10.5. The summed E-state index contributed by atoms with van der Waals surface area (Å²) in [6.07, 6.45) is 4.92. The minimum absolute atomic E-state index is 0.236. The zero-order valence-corrected chi connectivity index (χ0v) is 17.1. The topological polar surface area (TPSA) is 63.6 Å². The van der Waals surface area contributed by atoms with Crippen molar-refractivity contribution < 1.29 is 19.4 Å². The first-order valence-electron chi connectivity index (χ1n) is 10.5. The van der Waals surface area contributed by atoms with E-state index < -0.39 is 11.4 Å². The van der Waals surface area contributed by atoms with Gasteiger partial charge in [0.05, 0.1) is 11.3 Å². The van der Waals surface area contributed by atoms with Gasteiger partial charge in [0.1, 0.15) is 6.61 Å². The Morgan fingerprint density at radius 2 is 1.66 bits per heavy atom. The Bertz CT molecular complexity index is 812. The fraction of sp³-hybridized carbons (Fsp3) is 0.440. The fourth-order valence-electron chi connectivity index (χ4n) is 4.25. The van der Waals surface area contributed by atoms with Crippen LogP contribution in [-0.2, 0) is 33.8 Å². The molecule has 4 heteroatoms. The molecule has 0 spiro atoms. The molecule has 0 radical (unpaired) electrons. The minimum atomic E-state index is -0.835. The average molecular weight is 395 g/mol. The summed E-state index contributed by atoms with van der Waals surface area (Å²) >= 11 is 0. The van der Waals surface area contributed by atoms with Gasteiger partial charge in [-0.25, -0.2) is 0 Å². The zero-order valence-electron chi connectivity index (χ0n) is 17.1. The zero-order chi connectivity index (χ0) is 20.7. The minimum Gasteiger partial charge on any atom is -0.481 e. The highest BCUT2D eigenvalue weighted by atomic mass is 16.5. The van der Waals surface area contributed by atoms with E-state index in [0.29, 0.717) is 32.1 Å². The van der Waals surface area contributed by atoms with Gasteiger partial charge in [0.2, 0.25) is 0 Å². The Labute approximate surface area is 172 Å². The summed E-state index contributed by atoms with van der Waals surface area (Å²) in [5.74, 6) is -1.40. The van der Waals surface area contributed by atoms with Crippen molar-refractivity contribution in [2.24, 2.45) is 11.3 Å². The second-order valence-electron chi connectivity index (χ2n) is 8.19. The molecular weight excluding hydrogens is 364 g/mol. The van der Waals surface area contributed by atoms with Gasteiger partial charge >= 0.3 is 11.9 Å². The van der Waals surface area contributed by atoms with Crippen LogP contribution in [0, 0.1) is 11.3 Å². The molecule has 29 heavy (non-hydrogen) atoms. The molecule has 0 bridgehead atoms. The lowest BCUT2D eigenvalue weighted by Crippen LogP contribution is -2.30. The molecule has 1 N–H and O–H groups in total. The molecule has 2 aromatic rings. The van der Waals surface area contributed by atoms with Gasteiger partial charge in [0.15, 0.2) is 0 Å². The van der Waals surface area contributed by atoms with Crippen LogP contribution in [-0.4, -0.2) is 17.0 Å². The predicted molar refractivity (Wildman–Crippen MR) is 112 cm³/mol. The molecule has 0 amide bonds. The quantitative estimate of drug-likeness (QED) is 0.595. The molecule has 0 saturated heterocycles. The van der Waals surface area contributed by atoms with Crippen LogP contribution in [0.2, 0.25) is 0 Å². The Kier molecular flexibility index (Phi) is 7.08. The maximum Gasteiger partial charge on any atom is 0.309 e. The Hall–Kier alpha value is -2.62. The lowest BCUT2D eigenvalue weighted by Gasteiger charge is -2.24. The van der Waals surface area contributed by atoms with Gasteiger partial charge in [-0.2, -0.15) is 0 Å². The van der Waals surface area contributed by atoms with Gasteiger partial charge in [0.25, 0.3) is 0 Å². The summed E-state index contributed by atoms with van der Waals surface area (Å²) < 4.78 is 5.45. The van der Waals surface area contributed by atoms with Gasteiger partial charge in [-0.05, 0) is 55.2 Å². The molecule has 4 nitrogen and oxygen atoms in total. The van der Waals surface area contributed by atoms with Crippen LogP contribution in [0.1, 0.15) is 55.7 Å². The molecule has 2 aromatic carbocycles. The van der Waals surface area contributed by atoms with E-state index in [0.717, 1.165) is 24.0 Å². The molecule has 0 aliphatic heterocycles. The summed E-state index contributed by atoms with van der Waals surface area (Å²) in [5.41, 5.74) is 2.57. The van der Waals surface area contributed by atoms with E-state index in [9.17, 15) is 14.7 Å². The number of benzene rings is 2. The average Bonchev–Trinajstić information content (AvgIpc) is 3.19. The van der Waals surface area contributed by atoms with E-state index in [2.05, 4.69) is 31.2 Å². The van der Waals surface area contributed by atoms with Gasteiger partial charge in [-0.3, -0.25) is 9.59 Å². The third-order valence-corrected chi connectivity index (χ3v) is 6.07. The molecule has 1 aliphatic carbocycles. The lowest BCUT2D eigenvalue weighted by molar-refractivity contribution is -0.152. The van der Waals surface area contributed by atoms with Crippen molar-refractivity contribution in [1.29, 1.82) is 0 Å². The Morgan fingerprint density at radius 1 is 1.00 bits per heavy atom. The van der Waals surface area contributed by atoms with Gasteiger partial charge in [-0.1, -0.05) is 67.9 Å². The van der Waals surface area contributed by atoms with Crippen LogP contribution in [0.5, 0.6) is 0 Å². The normalized spacial score (nSPS) is 21.1. The number of hydrogen-bond acceptors (Lipinski definition) is 3. The monoisotopic (exact) mass is 394 g/mol. The number of hydrogen-bond donors (Lipinski definition) is 1.